The van der Waals surface area contributed by atoms with Gasteiger partial charge in [0.25, 0.3) is 0 Å². The average molecular weight is 522 g/mol. The number of aryl methyl sites for hydroxylation is 2. The molecule has 37 heavy (non-hydrogen) atoms. The Kier molecular flexibility index (Phi) is 8.35. The summed E-state index contributed by atoms with van der Waals surface area (Å²) < 4.78 is 54.8. The summed E-state index contributed by atoms with van der Waals surface area (Å²) in [6.45, 7) is 7.66. The van der Waals surface area contributed by atoms with Crippen molar-refractivity contribution in [2.75, 3.05) is 7.11 Å². The first-order valence-corrected chi connectivity index (χ1v) is 11.9. The Bertz CT molecular complexity index is 1270. The SMILES string of the molecule is CCc1cc(Cn2ncn(-c3ccc(OC(F)(F)F)cc3)c2=O)cc(CC)c1OC(C)(CC)C(=O)OC. The Morgan fingerprint density at radius 3 is 2.08 bits per heavy atom. The molecule has 0 spiro atoms. The molecule has 0 bridgehead atoms. The monoisotopic (exact) mass is 521 g/mol. The fourth-order valence-corrected chi connectivity index (χ4v) is 3.88. The van der Waals surface area contributed by atoms with Crippen molar-refractivity contribution in [3.05, 3.63) is 69.9 Å². The number of ether oxygens (including phenoxy) is 3. The van der Waals surface area contributed by atoms with Crippen LogP contribution in [0.1, 0.15) is 50.8 Å². The van der Waals surface area contributed by atoms with Crippen molar-refractivity contribution in [3.63, 3.8) is 0 Å². The Labute approximate surface area is 212 Å². The number of methoxy groups -OCH3 is 1. The lowest BCUT2D eigenvalue weighted by Crippen LogP contribution is -2.42. The first-order valence-electron chi connectivity index (χ1n) is 11.9. The molecule has 11 heteroatoms. The molecule has 0 fully saturated rings. The number of carbonyl (C=O) groups is 1. The number of nitrogens with zero attached hydrogens (tertiary/aromatic N) is 3. The van der Waals surface area contributed by atoms with Gasteiger partial charge in [-0.3, -0.25) is 0 Å². The third-order valence-corrected chi connectivity index (χ3v) is 6.10. The van der Waals surface area contributed by atoms with Crippen LogP contribution in [0.15, 0.2) is 47.5 Å². The predicted molar refractivity (Wildman–Crippen MR) is 130 cm³/mol. The van der Waals surface area contributed by atoms with Crippen molar-refractivity contribution >= 4 is 5.97 Å². The highest BCUT2D eigenvalue weighted by Crippen LogP contribution is 2.32. The number of esters is 1. The van der Waals surface area contributed by atoms with E-state index in [2.05, 4.69) is 9.84 Å². The highest BCUT2D eigenvalue weighted by molar-refractivity contribution is 5.79. The topological polar surface area (TPSA) is 84.6 Å². The zero-order chi connectivity index (χ0) is 27.4. The van der Waals surface area contributed by atoms with Crippen LogP contribution < -0.4 is 15.2 Å². The Hall–Kier alpha value is -3.76. The van der Waals surface area contributed by atoms with Crippen LogP contribution in [0.4, 0.5) is 13.2 Å². The summed E-state index contributed by atoms with van der Waals surface area (Å²) in [5.41, 5.74) is 1.33. The molecule has 0 amide bonds. The van der Waals surface area contributed by atoms with Crippen molar-refractivity contribution in [2.24, 2.45) is 0 Å². The van der Waals surface area contributed by atoms with Crippen molar-refractivity contribution in [1.29, 1.82) is 0 Å². The van der Waals surface area contributed by atoms with Crippen LogP contribution in [0.3, 0.4) is 0 Å². The summed E-state index contributed by atoms with van der Waals surface area (Å²) in [4.78, 5) is 25.3. The number of carbonyl (C=O) groups excluding carboxylic acids is 1. The predicted octanol–water partition coefficient (Wildman–Crippen LogP) is 4.83. The van der Waals surface area contributed by atoms with E-state index in [0.29, 0.717) is 30.7 Å². The molecule has 0 radical (unpaired) electrons. The maximum absolute atomic E-state index is 13.0. The quantitative estimate of drug-likeness (QED) is 0.356. The van der Waals surface area contributed by atoms with Gasteiger partial charge in [-0.05, 0) is 67.1 Å². The van der Waals surface area contributed by atoms with E-state index in [0.717, 1.165) is 28.8 Å². The summed E-state index contributed by atoms with van der Waals surface area (Å²) >= 11 is 0. The molecule has 3 aromatic rings. The molecule has 1 aromatic heterocycles. The van der Waals surface area contributed by atoms with E-state index >= 15 is 0 Å². The summed E-state index contributed by atoms with van der Waals surface area (Å²) in [6, 6.07) is 8.77. The number of benzene rings is 2. The second-order valence-electron chi connectivity index (χ2n) is 8.61. The smallest absolute Gasteiger partial charge is 0.475 e. The van der Waals surface area contributed by atoms with Crippen LogP contribution in [0, 0.1) is 0 Å². The van der Waals surface area contributed by atoms with Crippen LogP contribution in [0.2, 0.25) is 0 Å². The number of hydrogen-bond donors (Lipinski definition) is 0. The van der Waals surface area contributed by atoms with Crippen LogP contribution >= 0.6 is 0 Å². The molecule has 3 rings (SSSR count). The standard InChI is InChI=1S/C26H30F3N3O5/c1-6-18-13-17(14-19(7-2)22(18)37-25(4,8-3)23(33)35-5)15-32-24(34)31(16-30-32)20-9-11-21(12-10-20)36-26(27,28)29/h9-14,16H,6-8,15H2,1-5H3. The number of halogens is 3. The molecule has 0 N–H and O–H groups in total. The van der Waals surface area contributed by atoms with E-state index in [1.165, 1.54) is 34.8 Å². The lowest BCUT2D eigenvalue weighted by molar-refractivity contribution is -0.274. The zero-order valence-electron chi connectivity index (χ0n) is 21.4. The highest BCUT2D eigenvalue weighted by Gasteiger charge is 2.36. The molecule has 2 aromatic carbocycles. The highest BCUT2D eigenvalue weighted by atomic mass is 19.4. The summed E-state index contributed by atoms with van der Waals surface area (Å²) in [7, 11) is 1.33. The van der Waals surface area contributed by atoms with Crippen LogP contribution in [-0.4, -0.2) is 39.4 Å². The van der Waals surface area contributed by atoms with E-state index in [1.54, 1.807) is 6.92 Å². The molecule has 1 unspecified atom stereocenters. The average Bonchev–Trinajstić information content (AvgIpc) is 3.23. The van der Waals surface area contributed by atoms with Gasteiger partial charge < -0.3 is 14.2 Å². The van der Waals surface area contributed by atoms with Gasteiger partial charge in [-0.25, -0.2) is 18.8 Å². The lowest BCUT2D eigenvalue weighted by Gasteiger charge is -2.29. The van der Waals surface area contributed by atoms with E-state index in [-0.39, 0.29) is 12.3 Å². The molecule has 8 nitrogen and oxygen atoms in total. The third-order valence-electron chi connectivity index (χ3n) is 6.10. The Morgan fingerprint density at radius 1 is 1.00 bits per heavy atom. The van der Waals surface area contributed by atoms with Crippen LogP contribution in [0.25, 0.3) is 5.69 Å². The molecule has 1 atom stereocenters. The fourth-order valence-electron chi connectivity index (χ4n) is 3.88. The van der Waals surface area contributed by atoms with Gasteiger partial charge in [-0.1, -0.05) is 32.9 Å². The molecule has 0 aliphatic carbocycles. The van der Waals surface area contributed by atoms with Gasteiger partial charge >= 0.3 is 18.0 Å². The normalized spacial score (nSPS) is 13.2. The molecule has 200 valence electrons. The summed E-state index contributed by atoms with van der Waals surface area (Å²) in [6.07, 6.45) is -1.81. The van der Waals surface area contributed by atoms with Gasteiger partial charge in [-0.2, -0.15) is 5.10 Å². The van der Waals surface area contributed by atoms with Crippen molar-refractivity contribution in [1.82, 2.24) is 14.3 Å². The molecule has 0 aliphatic rings. The largest absolute Gasteiger partial charge is 0.573 e. The number of alkyl halides is 3. The number of hydrogen-bond acceptors (Lipinski definition) is 6. The summed E-state index contributed by atoms with van der Waals surface area (Å²) in [5, 5.41) is 4.17. The molecule has 1 heterocycles. The first-order chi connectivity index (χ1) is 17.4. The van der Waals surface area contributed by atoms with Gasteiger partial charge in [0, 0.05) is 0 Å². The van der Waals surface area contributed by atoms with Gasteiger partial charge in [0.1, 0.15) is 17.8 Å². The number of rotatable bonds is 10. The summed E-state index contributed by atoms with van der Waals surface area (Å²) in [5.74, 6) is -0.217. The maximum atomic E-state index is 13.0. The van der Waals surface area contributed by atoms with Crippen LogP contribution in [-0.2, 0) is 28.9 Å². The minimum atomic E-state index is -4.80. The minimum Gasteiger partial charge on any atom is -0.475 e. The maximum Gasteiger partial charge on any atom is 0.573 e. The van der Waals surface area contributed by atoms with Gasteiger partial charge in [0.05, 0.1) is 19.3 Å². The third kappa shape index (κ3) is 6.33. The van der Waals surface area contributed by atoms with Gasteiger partial charge in [-0.15, -0.1) is 13.2 Å². The number of aromatic nitrogens is 3. The molecule has 0 saturated carbocycles. The Balaban J connectivity index is 1.90. The second kappa shape index (κ2) is 11.1. The molecule has 0 aliphatic heterocycles. The van der Waals surface area contributed by atoms with Crippen molar-refractivity contribution in [2.45, 2.75) is 65.5 Å². The molecular formula is C26H30F3N3O5. The molecular weight excluding hydrogens is 491 g/mol. The van der Waals surface area contributed by atoms with E-state index < -0.39 is 23.6 Å². The first kappa shape index (κ1) is 27.8. The van der Waals surface area contributed by atoms with Crippen molar-refractivity contribution < 1.29 is 32.2 Å². The molecule has 0 saturated heterocycles. The fraction of sp³-hybridized carbons (Fsp3) is 0.423. The van der Waals surface area contributed by atoms with Gasteiger partial charge in [0.2, 0.25) is 5.60 Å². The van der Waals surface area contributed by atoms with Crippen molar-refractivity contribution in [3.8, 4) is 17.2 Å². The van der Waals surface area contributed by atoms with E-state index in [4.69, 9.17) is 9.47 Å². The lowest BCUT2D eigenvalue weighted by atomic mass is 9.98. The van der Waals surface area contributed by atoms with Crippen LogP contribution in [0.5, 0.6) is 11.5 Å². The zero-order valence-corrected chi connectivity index (χ0v) is 21.4. The van der Waals surface area contributed by atoms with E-state index in [1.807, 2.05) is 32.9 Å². The second-order valence-corrected chi connectivity index (χ2v) is 8.61. The van der Waals surface area contributed by atoms with E-state index in [9.17, 15) is 22.8 Å². The van der Waals surface area contributed by atoms with Gasteiger partial charge in [0.15, 0.2) is 0 Å². The minimum absolute atomic E-state index is 0.170. The Morgan fingerprint density at radius 2 is 1.59 bits per heavy atom.